The number of halogens is 2. The van der Waals surface area contributed by atoms with Gasteiger partial charge in [-0.25, -0.2) is 13.8 Å². The van der Waals surface area contributed by atoms with E-state index in [-0.39, 0.29) is 41.2 Å². The molecule has 0 bridgehead atoms. The highest BCUT2D eigenvalue weighted by molar-refractivity contribution is 6.02. The summed E-state index contributed by atoms with van der Waals surface area (Å²) in [4.78, 5) is 21.2. The Morgan fingerprint density at radius 2 is 1.92 bits per heavy atom. The van der Waals surface area contributed by atoms with Crippen LogP contribution in [0.4, 0.5) is 14.5 Å². The summed E-state index contributed by atoms with van der Waals surface area (Å²) in [6.45, 7) is 2.36. The molecule has 3 heterocycles. The van der Waals surface area contributed by atoms with E-state index in [2.05, 4.69) is 15.3 Å². The van der Waals surface area contributed by atoms with Crippen LogP contribution < -0.4 is 14.8 Å². The average molecular weight is 532 g/mol. The Kier molecular flexibility index (Phi) is 7.15. The van der Waals surface area contributed by atoms with Gasteiger partial charge in [0.15, 0.2) is 11.6 Å². The third-order valence-corrected chi connectivity index (χ3v) is 6.05. The van der Waals surface area contributed by atoms with Gasteiger partial charge in [0.25, 0.3) is 5.69 Å². The van der Waals surface area contributed by atoms with Gasteiger partial charge in [-0.05, 0) is 54.4 Å². The third kappa shape index (κ3) is 5.39. The molecular formula is C28H23F2N5O4. The van der Waals surface area contributed by atoms with E-state index >= 15 is 4.39 Å². The van der Waals surface area contributed by atoms with Crippen molar-refractivity contribution in [2.45, 2.75) is 13.5 Å². The monoisotopic (exact) mass is 531 g/mol. The number of anilines is 1. The molecule has 0 spiro atoms. The molecule has 0 radical (unpaired) electrons. The number of fused-ring (bicyclic) bond motifs is 1. The molecular weight excluding hydrogens is 508 g/mol. The van der Waals surface area contributed by atoms with E-state index in [4.69, 9.17) is 4.74 Å². The van der Waals surface area contributed by atoms with Crippen LogP contribution >= 0.6 is 0 Å². The van der Waals surface area contributed by atoms with Crippen molar-refractivity contribution in [1.82, 2.24) is 14.5 Å². The van der Waals surface area contributed by atoms with Gasteiger partial charge in [0, 0.05) is 48.8 Å². The molecule has 39 heavy (non-hydrogen) atoms. The molecule has 0 saturated carbocycles. The lowest BCUT2D eigenvalue weighted by Gasteiger charge is -2.13. The van der Waals surface area contributed by atoms with Gasteiger partial charge in [-0.15, -0.1) is 0 Å². The zero-order chi connectivity index (χ0) is 27.5. The number of carbonyl (C=O) groups is 1. The lowest BCUT2D eigenvalue weighted by molar-refractivity contribution is -0.595. The fourth-order valence-electron chi connectivity index (χ4n) is 4.08. The minimum atomic E-state index is -0.767. The van der Waals surface area contributed by atoms with Crippen LogP contribution in [-0.2, 0) is 6.54 Å². The topological polar surface area (TPSA) is 116 Å². The molecule has 11 heteroatoms. The maximum absolute atomic E-state index is 15.0. The smallest absolute Gasteiger partial charge is 0.321 e. The highest BCUT2D eigenvalue weighted by Gasteiger charge is 2.21. The number of carbonyl (C=O) groups excluding carboxylic acids is 1. The first-order valence-corrected chi connectivity index (χ1v) is 12.0. The molecule has 1 amide bonds. The molecule has 2 N–H and O–H groups in total. The number of hydrogen-bond donors (Lipinski definition) is 2. The summed E-state index contributed by atoms with van der Waals surface area (Å²) in [5.41, 5.74) is 1.62. The normalized spacial score (nSPS) is 11.9. The number of aliphatic hydroxyl groups excluding tert-OH is 1. The number of rotatable bonds is 8. The van der Waals surface area contributed by atoms with Crippen molar-refractivity contribution in [3.05, 3.63) is 102 Å². The minimum Gasteiger partial charge on any atom is -0.618 e. The number of nitrogens with one attached hydrogen (secondary N) is 1. The molecule has 0 aliphatic rings. The number of benzene rings is 2. The van der Waals surface area contributed by atoms with Crippen molar-refractivity contribution >= 4 is 22.6 Å². The SMILES string of the molecule is CC(CO)Cn1ccc2ncnc(Oc3ccc(NC(=O)c4cccc(-c5ccc(F)cc5)[n+]4[O-])cc3F)c21. The molecule has 1 unspecified atom stereocenters. The van der Waals surface area contributed by atoms with E-state index in [1.165, 1.54) is 60.9 Å². The van der Waals surface area contributed by atoms with Gasteiger partial charge in [0.1, 0.15) is 17.7 Å². The van der Waals surface area contributed by atoms with Crippen molar-refractivity contribution in [3.8, 4) is 22.9 Å². The molecule has 5 rings (SSSR count). The summed E-state index contributed by atoms with van der Waals surface area (Å²) < 4.78 is 36.3. The molecule has 1 atom stereocenters. The Hall–Kier alpha value is -4.90. The van der Waals surface area contributed by atoms with Crippen LogP contribution in [0.3, 0.4) is 0 Å². The van der Waals surface area contributed by atoms with Gasteiger partial charge in [-0.3, -0.25) is 4.79 Å². The van der Waals surface area contributed by atoms with Crippen LogP contribution in [0, 0.1) is 22.8 Å². The molecule has 0 saturated heterocycles. The summed E-state index contributed by atoms with van der Waals surface area (Å²) in [5.74, 6) is -2.00. The summed E-state index contributed by atoms with van der Waals surface area (Å²) in [5, 5.41) is 24.8. The zero-order valence-electron chi connectivity index (χ0n) is 20.7. The first-order valence-electron chi connectivity index (χ1n) is 12.0. The molecule has 5 aromatic rings. The van der Waals surface area contributed by atoms with Crippen LogP contribution in [0.1, 0.15) is 17.4 Å². The van der Waals surface area contributed by atoms with Crippen molar-refractivity contribution in [3.63, 3.8) is 0 Å². The number of nitrogens with zero attached hydrogens (tertiary/aromatic N) is 4. The highest BCUT2D eigenvalue weighted by atomic mass is 19.1. The first kappa shape index (κ1) is 25.7. The van der Waals surface area contributed by atoms with Crippen LogP contribution in [0.25, 0.3) is 22.3 Å². The van der Waals surface area contributed by atoms with Gasteiger partial charge in [0.2, 0.25) is 11.6 Å². The second-order valence-corrected chi connectivity index (χ2v) is 8.97. The van der Waals surface area contributed by atoms with Gasteiger partial charge in [-0.1, -0.05) is 6.92 Å². The van der Waals surface area contributed by atoms with Gasteiger partial charge >= 0.3 is 5.91 Å². The number of aliphatic hydroxyl groups is 1. The Morgan fingerprint density at radius 1 is 1.13 bits per heavy atom. The van der Waals surface area contributed by atoms with Crippen molar-refractivity contribution in [1.29, 1.82) is 0 Å². The minimum absolute atomic E-state index is 0.00571. The Labute approximate surface area is 221 Å². The number of hydrogen-bond acceptors (Lipinski definition) is 6. The molecule has 0 aliphatic carbocycles. The number of aromatic nitrogens is 4. The maximum Gasteiger partial charge on any atom is 0.321 e. The predicted octanol–water partition coefficient (Wildman–Crippen LogP) is 4.68. The maximum atomic E-state index is 15.0. The second kappa shape index (κ2) is 10.8. The lowest BCUT2D eigenvalue weighted by atomic mass is 10.1. The highest BCUT2D eigenvalue weighted by Crippen LogP contribution is 2.31. The van der Waals surface area contributed by atoms with E-state index in [1.807, 2.05) is 11.5 Å². The summed E-state index contributed by atoms with van der Waals surface area (Å²) in [7, 11) is 0. The Morgan fingerprint density at radius 3 is 2.67 bits per heavy atom. The van der Waals surface area contributed by atoms with Crippen molar-refractivity contribution in [2.24, 2.45) is 5.92 Å². The first-order chi connectivity index (χ1) is 18.8. The number of amides is 1. The molecule has 198 valence electrons. The fourth-order valence-corrected chi connectivity index (χ4v) is 4.08. The molecule has 3 aromatic heterocycles. The average Bonchev–Trinajstić information content (AvgIpc) is 3.34. The standard InChI is InChI=1S/C28H23F2N5O4/c1-17(15-36)14-34-12-11-22-26(34)28(32-16-31-22)39-25-10-9-20(13-21(25)30)33-27(37)24-4-2-3-23(35(24)38)18-5-7-19(29)8-6-18/h2-13,16-17,36H,14-15H2,1H3,(H,33,37). The third-order valence-electron chi connectivity index (χ3n) is 6.05. The van der Waals surface area contributed by atoms with Crippen LogP contribution in [0.5, 0.6) is 11.6 Å². The van der Waals surface area contributed by atoms with Gasteiger partial charge in [-0.2, -0.15) is 9.71 Å². The lowest BCUT2D eigenvalue weighted by Crippen LogP contribution is -2.38. The summed E-state index contributed by atoms with van der Waals surface area (Å²) in [6.07, 6.45) is 3.10. The van der Waals surface area contributed by atoms with E-state index < -0.39 is 17.5 Å². The van der Waals surface area contributed by atoms with E-state index in [1.54, 1.807) is 12.3 Å². The molecule has 0 aliphatic heterocycles. The van der Waals surface area contributed by atoms with Gasteiger partial charge in [0.05, 0.1) is 5.52 Å². The van der Waals surface area contributed by atoms with Crippen LogP contribution in [0.2, 0.25) is 0 Å². The molecule has 2 aromatic carbocycles. The summed E-state index contributed by atoms with van der Waals surface area (Å²) >= 11 is 0. The van der Waals surface area contributed by atoms with E-state index in [0.717, 1.165) is 6.07 Å². The summed E-state index contributed by atoms with van der Waals surface area (Å²) in [6, 6.07) is 15.3. The quantitative estimate of drug-likeness (QED) is 0.222. The predicted molar refractivity (Wildman–Crippen MR) is 139 cm³/mol. The van der Waals surface area contributed by atoms with E-state index in [0.29, 0.717) is 27.9 Å². The Balaban J connectivity index is 1.36. The number of ether oxygens (including phenoxy) is 1. The second-order valence-electron chi connectivity index (χ2n) is 8.97. The van der Waals surface area contributed by atoms with E-state index in [9.17, 15) is 19.5 Å². The van der Waals surface area contributed by atoms with Crippen LogP contribution in [-0.4, -0.2) is 32.2 Å². The van der Waals surface area contributed by atoms with Gasteiger partial charge < -0.3 is 24.9 Å². The zero-order valence-corrected chi connectivity index (χ0v) is 20.7. The largest absolute Gasteiger partial charge is 0.618 e. The van der Waals surface area contributed by atoms with Crippen LogP contribution in [0.15, 0.2) is 79.3 Å². The number of pyridine rings is 1. The molecule has 0 fully saturated rings. The Bertz CT molecular complexity index is 1660. The molecule has 9 nitrogen and oxygen atoms in total. The fraction of sp³-hybridized carbons (Fsp3) is 0.143. The van der Waals surface area contributed by atoms with Crippen molar-refractivity contribution < 1.29 is 28.1 Å². The van der Waals surface area contributed by atoms with Crippen molar-refractivity contribution in [2.75, 3.05) is 11.9 Å².